The van der Waals surface area contributed by atoms with Crippen LogP contribution in [0.3, 0.4) is 0 Å². The number of aromatic nitrogens is 2. The summed E-state index contributed by atoms with van der Waals surface area (Å²) in [4.78, 5) is 15.0. The SMILES string of the molecule is CCCC[C@@H]1CN(C(=O)c2n[nH]c3ccccc23)C[C@H](C(C)C)O1. The summed E-state index contributed by atoms with van der Waals surface area (Å²) in [6, 6.07) is 7.77. The molecule has 1 amide bonds. The van der Waals surface area contributed by atoms with Crippen LogP contribution in [0.5, 0.6) is 0 Å². The fraction of sp³-hybridized carbons (Fsp3) is 0.579. The number of morpholine rings is 1. The normalized spacial score (nSPS) is 21.6. The average Bonchev–Trinajstić information content (AvgIpc) is 3.03. The molecule has 0 spiro atoms. The molecule has 130 valence electrons. The molecule has 1 aromatic heterocycles. The number of hydrogen-bond acceptors (Lipinski definition) is 3. The van der Waals surface area contributed by atoms with E-state index in [9.17, 15) is 4.79 Å². The second-order valence-corrected chi connectivity index (χ2v) is 7.01. The number of fused-ring (bicyclic) bond motifs is 1. The molecule has 0 unspecified atom stereocenters. The Morgan fingerprint density at radius 1 is 1.38 bits per heavy atom. The first-order chi connectivity index (χ1) is 11.6. The van der Waals surface area contributed by atoms with Gasteiger partial charge in [-0.15, -0.1) is 0 Å². The van der Waals surface area contributed by atoms with E-state index < -0.39 is 0 Å². The Morgan fingerprint density at radius 2 is 2.17 bits per heavy atom. The summed E-state index contributed by atoms with van der Waals surface area (Å²) in [7, 11) is 0. The largest absolute Gasteiger partial charge is 0.371 e. The molecule has 1 saturated heterocycles. The number of nitrogens with zero attached hydrogens (tertiary/aromatic N) is 2. The highest BCUT2D eigenvalue weighted by atomic mass is 16.5. The molecule has 24 heavy (non-hydrogen) atoms. The average molecular weight is 329 g/mol. The first-order valence-electron chi connectivity index (χ1n) is 8.98. The third-order valence-corrected chi connectivity index (χ3v) is 4.77. The van der Waals surface area contributed by atoms with Crippen molar-refractivity contribution in [2.24, 2.45) is 5.92 Å². The number of rotatable bonds is 5. The van der Waals surface area contributed by atoms with Crippen LogP contribution in [0.1, 0.15) is 50.5 Å². The maximum Gasteiger partial charge on any atom is 0.275 e. The molecule has 3 rings (SSSR count). The zero-order valence-corrected chi connectivity index (χ0v) is 14.8. The van der Waals surface area contributed by atoms with Gasteiger partial charge in [-0.2, -0.15) is 5.10 Å². The number of nitrogens with one attached hydrogen (secondary N) is 1. The molecule has 5 heteroatoms. The van der Waals surface area contributed by atoms with Crippen LogP contribution in [0.25, 0.3) is 10.9 Å². The molecule has 0 aliphatic carbocycles. The van der Waals surface area contributed by atoms with E-state index in [4.69, 9.17) is 4.74 Å². The number of para-hydroxylation sites is 1. The van der Waals surface area contributed by atoms with E-state index in [0.29, 0.717) is 24.7 Å². The van der Waals surface area contributed by atoms with Crippen LogP contribution in [-0.2, 0) is 4.74 Å². The molecule has 0 radical (unpaired) electrons. The van der Waals surface area contributed by atoms with E-state index in [1.54, 1.807) is 0 Å². The van der Waals surface area contributed by atoms with E-state index in [1.165, 1.54) is 0 Å². The molecular formula is C19H27N3O2. The first kappa shape index (κ1) is 17.0. The van der Waals surface area contributed by atoms with Gasteiger partial charge in [0, 0.05) is 18.5 Å². The van der Waals surface area contributed by atoms with E-state index >= 15 is 0 Å². The van der Waals surface area contributed by atoms with Crippen LogP contribution in [0, 0.1) is 5.92 Å². The van der Waals surface area contributed by atoms with Crippen LogP contribution in [0.2, 0.25) is 0 Å². The Hall–Kier alpha value is -1.88. The van der Waals surface area contributed by atoms with Crippen molar-refractivity contribution in [2.75, 3.05) is 13.1 Å². The number of amides is 1. The summed E-state index contributed by atoms with van der Waals surface area (Å²) in [6.07, 6.45) is 3.49. The number of carbonyl (C=O) groups is 1. The van der Waals surface area contributed by atoms with Gasteiger partial charge < -0.3 is 9.64 Å². The lowest BCUT2D eigenvalue weighted by Gasteiger charge is -2.39. The van der Waals surface area contributed by atoms with Crippen LogP contribution in [0.4, 0.5) is 0 Å². The van der Waals surface area contributed by atoms with Gasteiger partial charge in [-0.25, -0.2) is 0 Å². The summed E-state index contributed by atoms with van der Waals surface area (Å²) >= 11 is 0. The molecule has 1 aliphatic heterocycles. The van der Waals surface area contributed by atoms with Crippen LogP contribution >= 0.6 is 0 Å². The topological polar surface area (TPSA) is 58.2 Å². The Labute approximate surface area is 143 Å². The molecule has 2 aromatic rings. The number of hydrogen-bond donors (Lipinski definition) is 1. The van der Waals surface area contributed by atoms with Gasteiger partial charge in [0.15, 0.2) is 5.69 Å². The third-order valence-electron chi connectivity index (χ3n) is 4.77. The van der Waals surface area contributed by atoms with Crippen molar-refractivity contribution in [3.63, 3.8) is 0 Å². The van der Waals surface area contributed by atoms with Gasteiger partial charge in [0.1, 0.15) is 0 Å². The molecule has 1 aromatic carbocycles. The zero-order valence-electron chi connectivity index (χ0n) is 14.8. The minimum absolute atomic E-state index is 0.00268. The summed E-state index contributed by atoms with van der Waals surface area (Å²) in [5.74, 6) is 0.392. The lowest BCUT2D eigenvalue weighted by atomic mass is 10.0. The number of ether oxygens (including phenoxy) is 1. The smallest absolute Gasteiger partial charge is 0.275 e. The van der Waals surface area contributed by atoms with Gasteiger partial charge in [0.05, 0.1) is 17.7 Å². The second-order valence-electron chi connectivity index (χ2n) is 7.01. The van der Waals surface area contributed by atoms with Gasteiger partial charge in [0.2, 0.25) is 0 Å². The summed E-state index contributed by atoms with van der Waals surface area (Å²) in [5, 5.41) is 8.12. The Balaban J connectivity index is 1.81. The standard InChI is InChI=1S/C19H27N3O2/c1-4-5-8-14-11-22(12-17(24-14)13(2)3)19(23)18-15-9-6-7-10-16(15)20-21-18/h6-7,9-10,13-14,17H,4-5,8,11-12H2,1-3H3,(H,20,21)/t14-,17-/m1/s1. The van der Waals surface area contributed by atoms with Crippen LogP contribution in [-0.4, -0.2) is 46.3 Å². The number of H-pyrrole nitrogens is 1. The van der Waals surface area contributed by atoms with Gasteiger partial charge in [-0.1, -0.05) is 51.8 Å². The highest BCUT2D eigenvalue weighted by Crippen LogP contribution is 2.24. The molecule has 1 fully saturated rings. The Kier molecular flexibility index (Phi) is 5.19. The van der Waals surface area contributed by atoms with Crippen molar-refractivity contribution in [3.05, 3.63) is 30.0 Å². The highest BCUT2D eigenvalue weighted by molar-refractivity contribution is 6.04. The predicted molar refractivity (Wildman–Crippen MR) is 95.0 cm³/mol. The Morgan fingerprint density at radius 3 is 2.92 bits per heavy atom. The van der Waals surface area contributed by atoms with E-state index in [0.717, 1.165) is 30.2 Å². The van der Waals surface area contributed by atoms with Crippen molar-refractivity contribution in [1.29, 1.82) is 0 Å². The predicted octanol–water partition coefficient (Wildman–Crippen LogP) is 3.62. The zero-order chi connectivity index (χ0) is 17.1. The fourth-order valence-corrected chi connectivity index (χ4v) is 3.27. The lowest BCUT2D eigenvalue weighted by Crippen LogP contribution is -2.51. The van der Waals surface area contributed by atoms with E-state index in [1.807, 2.05) is 29.2 Å². The first-order valence-corrected chi connectivity index (χ1v) is 8.98. The quantitative estimate of drug-likeness (QED) is 0.911. The molecule has 5 nitrogen and oxygen atoms in total. The number of aromatic amines is 1. The molecule has 0 saturated carbocycles. The van der Waals surface area contributed by atoms with Crippen molar-refractivity contribution < 1.29 is 9.53 Å². The number of carbonyl (C=O) groups excluding carboxylic acids is 1. The molecular weight excluding hydrogens is 302 g/mol. The molecule has 1 aliphatic rings. The van der Waals surface area contributed by atoms with Gasteiger partial charge in [-0.3, -0.25) is 9.89 Å². The second kappa shape index (κ2) is 7.34. The minimum Gasteiger partial charge on any atom is -0.371 e. The van der Waals surface area contributed by atoms with Gasteiger partial charge in [-0.05, 0) is 18.4 Å². The molecule has 0 bridgehead atoms. The lowest BCUT2D eigenvalue weighted by molar-refractivity contribution is -0.0963. The molecule has 2 atom stereocenters. The minimum atomic E-state index is 0.00268. The Bertz CT molecular complexity index is 695. The third kappa shape index (κ3) is 3.46. The maximum atomic E-state index is 13.1. The fourth-order valence-electron chi connectivity index (χ4n) is 3.27. The van der Waals surface area contributed by atoms with E-state index in [-0.39, 0.29) is 18.1 Å². The number of unbranched alkanes of at least 4 members (excludes halogenated alkanes) is 1. The van der Waals surface area contributed by atoms with Crippen LogP contribution < -0.4 is 0 Å². The monoisotopic (exact) mass is 329 g/mol. The van der Waals surface area contributed by atoms with Crippen molar-refractivity contribution >= 4 is 16.8 Å². The van der Waals surface area contributed by atoms with Crippen LogP contribution in [0.15, 0.2) is 24.3 Å². The highest BCUT2D eigenvalue weighted by Gasteiger charge is 2.33. The summed E-state index contributed by atoms with van der Waals surface area (Å²) in [5.41, 5.74) is 1.42. The maximum absolute atomic E-state index is 13.1. The van der Waals surface area contributed by atoms with E-state index in [2.05, 4.69) is 31.0 Å². The summed E-state index contributed by atoms with van der Waals surface area (Å²) < 4.78 is 6.21. The van der Waals surface area contributed by atoms with Crippen molar-refractivity contribution in [3.8, 4) is 0 Å². The van der Waals surface area contributed by atoms with Crippen molar-refractivity contribution in [2.45, 2.75) is 52.2 Å². The van der Waals surface area contributed by atoms with Crippen molar-refractivity contribution in [1.82, 2.24) is 15.1 Å². The van der Waals surface area contributed by atoms with Gasteiger partial charge in [0.25, 0.3) is 5.91 Å². The number of benzene rings is 1. The summed E-state index contributed by atoms with van der Waals surface area (Å²) in [6.45, 7) is 7.78. The molecule has 1 N–H and O–H groups in total. The molecule has 2 heterocycles. The van der Waals surface area contributed by atoms with Gasteiger partial charge >= 0.3 is 0 Å².